The lowest BCUT2D eigenvalue weighted by Crippen LogP contribution is -2.38. The monoisotopic (exact) mass is 441 g/mol. The summed E-state index contributed by atoms with van der Waals surface area (Å²) in [7, 11) is 0. The number of hydrogen-bond donors (Lipinski definition) is 2. The molecule has 2 aromatic carbocycles. The van der Waals surface area contributed by atoms with Crippen molar-refractivity contribution in [3.63, 3.8) is 0 Å². The molecule has 0 unspecified atom stereocenters. The lowest BCUT2D eigenvalue weighted by molar-refractivity contribution is 0.570. The second-order valence-electron chi connectivity index (χ2n) is 7.83. The van der Waals surface area contributed by atoms with Crippen LogP contribution in [0.25, 0.3) is 11.1 Å². The summed E-state index contributed by atoms with van der Waals surface area (Å²) in [4.78, 5) is 8.95. The predicted molar refractivity (Wildman–Crippen MR) is 133 cm³/mol. The number of aliphatic imine (C=N–C) groups is 1. The third-order valence-electron chi connectivity index (χ3n) is 5.37. The van der Waals surface area contributed by atoms with Gasteiger partial charge >= 0.3 is 0 Å². The Kier molecular flexibility index (Phi) is 7.89. The van der Waals surface area contributed by atoms with Crippen LogP contribution in [-0.2, 0) is 19.6 Å². The van der Waals surface area contributed by atoms with Crippen LogP contribution < -0.4 is 10.6 Å². The zero-order valence-corrected chi connectivity index (χ0v) is 19.1. The SMILES string of the molecule is CCNC(=NCc1ccccc1-c1ccc(Cn2ccnc2)cc1)NCCCn1cccn1. The number of imidazole rings is 1. The van der Waals surface area contributed by atoms with E-state index in [1.165, 1.54) is 22.3 Å². The topological polar surface area (TPSA) is 72.1 Å². The van der Waals surface area contributed by atoms with E-state index >= 15 is 0 Å². The zero-order valence-electron chi connectivity index (χ0n) is 19.1. The normalized spacial score (nSPS) is 11.5. The van der Waals surface area contributed by atoms with Crippen molar-refractivity contribution in [1.82, 2.24) is 30.0 Å². The first-order valence-electron chi connectivity index (χ1n) is 11.4. The van der Waals surface area contributed by atoms with Gasteiger partial charge in [-0.1, -0.05) is 48.5 Å². The van der Waals surface area contributed by atoms with E-state index in [1.807, 2.05) is 35.7 Å². The predicted octanol–water partition coefficient (Wildman–Crippen LogP) is 3.94. The Morgan fingerprint density at radius 1 is 0.970 bits per heavy atom. The highest BCUT2D eigenvalue weighted by Crippen LogP contribution is 2.25. The minimum Gasteiger partial charge on any atom is -0.357 e. The van der Waals surface area contributed by atoms with Crippen LogP contribution in [-0.4, -0.2) is 38.4 Å². The Labute approximate surface area is 195 Å². The number of benzene rings is 2. The maximum atomic E-state index is 4.83. The fraction of sp³-hybridized carbons (Fsp3) is 0.269. The van der Waals surface area contributed by atoms with Gasteiger partial charge in [-0.15, -0.1) is 0 Å². The Bertz CT molecular complexity index is 1110. The molecule has 0 aliphatic carbocycles. The number of aromatic nitrogens is 4. The summed E-state index contributed by atoms with van der Waals surface area (Å²) in [5.74, 6) is 0.837. The number of nitrogens with one attached hydrogen (secondary N) is 2. The average molecular weight is 442 g/mol. The van der Waals surface area contributed by atoms with E-state index < -0.39 is 0 Å². The van der Waals surface area contributed by atoms with Gasteiger partial charge in [-0.3, -0.25) is 4.68 Å². The number of aryl methyl sites for hydroxylation is 1. The van der Waals surface area contributed by atoms with Gasteiger partial charge in [0, 0.05) is 51.0 Å². The third-order valence-corrected chi connectivity index (χ3v) is 5.37. The fourth-order valence-corrected chi connectivity index (χ4v) is 3.71. The second kappa shape index (κ2) is 11.7. The van der Waals surface area contributed by atoms with Crippen molar-refractivity contribution in [2.75, 3.05) is 13.1 Å². The van der Waals surface area contributed by atoms with Crippen molar-refractivity contribution in [3.05, 3.63) is 96.8 Å². The maximum absolute atomic E-state index is 4.83. The van der Waals surface area contributed by atoms with Crippen molar-refractivity contribution in [2.24, 2.45) is 4.99 Å². The van der Waals surface area contributed by atoms with Crippen molar-refractivity contribution in [1.29, 1.82) is 0 Å². The average Bonchev–Trinajstić information content (AvgIpc) is 3.55. The zero-order chi connectivity index (χ0) is 22.7. The summed E-state index contributed by atoms with van der Waals surface area (Å²) in [6.07, 6.45) is 10.4. The Morgan fingerprint density at radius 3 is 2.61 bits per heavy atom. The van der Waals surface area contributed by atoms with Crippen molar-refractivity contribution < 1.29 is 0 Å². The molecule has 0 radical (unpaired) electrons. The van der Waals surface area contributed by atoms with Gasteiger partial charge in [-0.25, -0.2) is 9.98 Å². The quantitative estimate of drug-likeness (QED) is 0.222. The first-order chi connectivity index (χ1) is 16.3. The van der Waals surface area contributed by atoms with Gasteiger partial charge in [-0.2, -0.15) is 5.10 Å². The molecule has 7 nitrogen and oxygen atoms in total. The highest BCUT2D eigenvalue weighted by Gasteiger charge is 2.06. The summed E-state index contributed by atoms with van der Waals surface area (Å²) in [5, 5.41) is 11.0. The van der Waals surface area contributed by atoms with E-state index in [4.69, 9.17) is 4.99 Å². The summed E-state index contributed by atoms with van der Waals surface area (Å²) < 4.78 is 4.02. The minimum absolute atomic E-state index is 0.613. The molecule has 0 aliphatic heterocycles. The van der Waals surface area contributed by atoms with Gasteiger partial charge in [0.2, 0.25) is 0 Å². The number of nitrogens with zero attached hydrogens (tertiary/aromatic N) is 5. The molecule has 33 heavy (non-hydrogen) atoms. The van der Waals surface area contributed by atoms with Crippen LogP contribution in [0.4, 0.5) is 0 Å². The molecule has 0 bridgehead atoms. The Balaban J connectivity index is 1.39. The lowest BCUT2D eigenvalue weighted by Gasteiger charge is -2.13. The molecule has 4 rings (SSSR count). The fourth-order valence-electron chi connectivity index (χ4n) is 3.71. The van der Waals surface area contributed by atoms with Crippen LogP contribution in [0.3, 0.4) is 0 Å². The molecule has 2 aromatic heterocycles. The van der Waals surface area contributed by atoms with Crippen molar-refractivity contribution in [3.8, 4) is 11.1 Å². The van der Waals surface area contributed by atoms with E-state index in [9.17, 15) is 0 Å². The molecular weight excluding hydrogens is 410 g/mol. The molecule has 0 spiro atoms. The largest absolute Gasteiger partial charge is 0.357 e. The number of guanidine groups is 1. The third kappa shape index (κ3) is 6.55. The molecule has 0 fully saturated rings. The van der Waals surface area contributed by atoms with Gasteiger partial charge in [0.15, 0.2) is 5.96 Å². The van der Waals surface area contributed by atoms with Gasteiger partial charge in [0.05, 0.1) is 12.9 Å². The molecule has 4 aromatic rings. The minimum atomic E-state index is 0.613. The highest BCUT2D eigenvalue weighted by molar-refractivity contribution is 5.80. The number of rotatable bonds is 10. The Morgan fingerprint density at radius 2 is 1.85 bits per heavy atom. The highest BCUT2D eigenvalue weighted by atomic mass is 15.3. The van der Waals surface area contributed by atoms with Gasteiger partial charge in [0.25, 0.3) is 0 Å². The molecule has 0 amide bonds. The molecule has 0 atom stereocenters. The molecule has 7 heteroatoms. The van der Waals surface area contributed by atoms with Crippen LogP contribution in [0.2, 0.25) is 0 Å². The van der Waals surface area contributed by atoms with Crippen LogP contribution in [0, 0.1) is 0 Å². The van der Waals surface area contributed by atoms with Crippen LogP contribution >= 0.6 is 0 Å². The molecular formula is C26H31N7. The first kappa shape index (κ1) is 22.3. The van der Waals surface area contributed by atoms with E-state index in [2.05, 4.69) is 80.7 Å². The number of hydrogen-bond acceptors (Lipinski definition) is 3. The first-order valence-corrected chi connectivity index (χ1v) is 11.4. The van der Waals surface area contributed by atoms with Crippen LogP contribution in [0.15, 0.2) is 90.7 Å². The van der Waals surface area contributed by atoms with Crippen LogP contribution in [0.5, 0.6) is 0 Å². The molecule has 170 valence electrons. The molecule has 0 saturated carbocycles. The van der Waals surface area contributed by atoms with Crippen molar-refractivity contribution >= 4 is 5.96 Å². The molecule has 2 N–H and O–H groups in total. The lowest BCUT2D eigenvalue weighted by atomic mass is 9.98. The standard InChI is InChI=1S/C26H31N7/c1-2-28-26(29-13-5-16-33-17-6-14-31-33)30-19-24-7-3-4-8-25(24)23-11-9-22(10-12-23)20-32-18-15-27-21-32/h3-4,6-12,14-15,17-18,21H,2,5,13,16,19-20H2,1H3,(H2,28,29,30). The van der Waals surface area contributed by atoms with E-state index in [0.717, 1.165) is 38.6 Å². The van der Waals surface area contributed by atoms with Gasteiger partial charge in [-0.05, 0) is 41.7 Å². The molecule has 2 heterocycles. The van der Waals surface area contributed by atoms with Crippen molar-refractivity contribution in [2.45, 2.75) is 33.0 Å². The summed E-state index contributed by atoms with van der Waals surface area (Å²) in [6, 6.07) is 19.2. The Hall–Kier alpha value is -3.87. The molecule has 0 aliphatic rings. The summed E-state index contributed by atoms with van der Waals surface area (Å²) in [5.41, 5.74) is 4.87. The van der Waals surface area contributed by atoms with Crippen LogP contribution in [0.1, 0.15) is 24.5 Å². The van der Waals surface area contributed by atoms with E-state index in [1.54, 1.807) is 6.20 Å². The molecule has 0 saturated heterocycles. The smallest absolute Gasteiger partial charge is 0.191 e. The maximum Gasteiger partial charge on any atom is 0.191 e. The van der Waals surface area contributed by atoms with Gasteiger partial charge in [0.1, 0.15) is 0 Å². The summed E-state index contributed by atoms with van der Waals surface area (Å²) in [6.45, 7) is 6.07. The van der Waals surface area contributed by atoms with E-state index in [0.29, 0.717) is 6.54 Å². The second-order valence-corrected chi connectivity index (χ2v) is 7.83. The van der Waals surface area contributed by atoms with E-state index in [-0.39, 0.29) is 0 Å². The van der Waals surface area contributed by atoms with Gasteiger partial charge < -0.3 is 15.2 Å². The summed E-state index contributed by atoms with van der Waals surface area (Å²) >= 11 is 0.